The number of unbranched alkanes of at least 4 members (excludes halogenated alkanes) is 1. The van der Waals surface area contributed by atoms with Crippen molar-refractivity contribution in [1.82, 2.24) is 15.5 Å². The molecule has 0 aromatic carbocycles. The fourth-order valence-corrected chi connectivity index (χ4v) is 2.81. The molecule has 2 N–H and O–H groups in total. The van der Waals surface area contributed by atoms with Crippen molar-refractivity contribution in [2.45, 2.75) is 44.9 Å². The Hall–Kier alpha value is -0.0800. The SMILES string of the molecule is CN=C(NCCCCN1CCCC1)NCCCOCC1CC1.I. The first kappa shape index (κ1) is 21.0. The minimum absolute atomic E-state index is 0. The van der Waals surface area contributed by atoms with E-state index in [0.29, 0.717) is 0 Å². The van der Waals surface area contributed by atoms with Gasteiger partial charge in [-0.15, -0.1) is 24.0 Å². The Balaban J connectivity index is 0.00000264. The molecule has 0 unspecified atom stereocenters. The maximum Gasteiger partial charge on any atom is 0.190 e. The lowest BCUT2D eigenvalue weighted by molar-refractivity contribution is 0.123. The number of hydrogen-bond acceptors (Lipinski definition) is 3. The molecule has 5 nitrogen and oxygen atoms in total. The van der Waals surface area contributed by atoms with Crippen LogP contribution in [0.4, 0.5) is 0 Å². The summed E-state index contributed by atoms with van der Waals surface area (Å²) in [7, 11) is 1.84. The number of guanidine groups is 1. The quantitative estimate of drug-likeness (QED) is 0.225. The summed E-state index contributed by atoms with van der Waals surface area (Å²) in [5.41, 5.74) is 0. The number of aliphatic imine (C=N–C) groups is 1. The van der Waals surface area contributed by atoms with E-state index in [1.54, 1.807) is 0 Å². The first-order chi connectivity index (χ1) is 10.9. The van der Waals surface area contributed by atoms with Gasteiger partial charge in [-0.05, 0) is 70.5 Å². The van der Waals surface area contributed by atoms with Crippen LogP contribution in [0, 0.1) is 5.92 Å². The highest BCUT2D eigenvalue weighted by molar-refractivity contribution is 14.0. The Morgan fingerprint density at radius 2 is 1.78 bits per heavy atom. The second kappa shape index (κ2) is 13.2. The predicted octanol–water partition coefficient (Wildman–Crippen LogP) is 2.46. The van der Waals surface area contributed by atoms with Gasteiger partial charge in [0, 0.05) is 33.4 Å². The number of nitrogens with zero attached hydrogens (tertiary/aromatic N) is 2. The zero-order chi connectivity index (χ0) is 15.5. The molecule has 0 spiro atoms. The molecule has 2 aliphatic rings. The van der Waals surface area contributed by atoms with Gasteiger partial charge in [0.2, 0.25) is 0 Å². The average Bonchev–Trinajstić information content (AvgIpc) is 3.21. The van der Waals surface area contributed by atoms with E-state index >= 15 is 0 Å². The van der Waals surface area contributed by atoms with Gasteiger partial charge in [0.25, 0.3) is 0 Å². The van der Waals surface area contributed by atoms with E-state index in [9.17, 15) is 0 Å². The standard InChI is InChI=1S/C17H34N4O.HI/c1-18-17(20-10-6-14-22-15-16-7-8-16)19-9-2-3-11-21-12-4-5-13-21;/h16H,2-15H2,1H3,(H2,18,19,20);1H. The summed E-state index contributed by atoms with van der Waals surface area (Å²) in [5, 5.41) is 6.75. The molecule has 0 radical (unpaired) electrons. The minimum atomic E-state index is 0. The summed E-state index contributed by atoms with van der Waals surface area (Å²) in [4.78, 5) is 6.84. The van der Waals surface area contributed by atoms with Crippen LogP contribution < -0.4 is 10.6 Å². The molecule has 2 fully saturated rings. The average molecular weight is 438 g/mol. The van der Waals surface area contributed by atoms with Crippen LogP contribution in [0.25, 0.3) is 0 Å². The molecule has 1 aliphatic heterocycles. The van der Waals surface area contributed by atoms with Crippen LogP contribution in [-0.2, 0) is 4.74 Å². The van der Waals surface area contributed by atoms with Gasteiger partial charge in [-0.25, -0.2) is 0 Å². The van der Waals surface area contributed by atoms with Gasteiger partial charge >= 0.3 is 0 Å². The molecule has 1 heterocycles. The Morgan fingerprint density at radius 3 is 2.43 bits per heavy atom. The normalized spacial score (nSPS) is 18.7. The highest BCUT2D eigenvalue weighted by atomic mass is 127. The fraction of sp³-hybridized carbons (Fsp3) is 0.941. The summed E-state index contributed by atoms with van der Waals surface area (Å²) in [5.74, 6) is 1.78. The van der Waals surface area contributed by atoms with Crippen molar-refractivity contribution in [3.05, 3.63) is 0 Å². The molecule has 1 aliphatic carbocycles. The molecule has 1 saturated heterocycles. The maximum atomic E-state index is 5.63. The molecular weight excluding hydrogens is 403 g/mol. The number of halogens is 1. The van der Waals surface area contributed by atoms with Gasteiger partial charge in [0.15, 0.2) is 5.96 Å². The number of likely N-dealkylation sites (tertiary alicyclic amines) is 1. The number of hydrogen-bond donors (Lipinski definition) is 2. The highest BCUT2D eigenvalue weighted by Gasteiger charge is 2.20. The van der Waals surface area contributed by atoms with E-state index in [2.05, 4.69) is 20.5 Å². The first-order valence-corrected chi connectivity index (χ1v) is 9.13. The molecule has 0 atom stereocenters. The van der Waals surface area contributed by atoms with Crippen LogP contribution in [0.2, 0.25) is 0 Å². The zero-order valence-corrected chi connectivity index (χ0v) is 17.0. The van der Waals surface area contributed by atoms with Crippen LogP contribution in [0.3, 0.4) is 0 Å². The van der Waals surface area contributed by atoms with Crippen LogP contribution in [0.5, 0.6) is 0 Å². The third kappa shape index (κ3) is 10.4. The summed E-state index contributed by atoms with van der Waals surface area (Å²) < 4.78 is 5.63. The molecule has 136 valence electrons. The van der Waals surface area contributed by atoms with Gasteiger partial charge in [-0.3, -0.25) is 4.99 Å². The smallest absolute Gasteiger partial charge is 0.190 e. The molecule has 0 amide bonds. The predicted molar refractivity (Wildman–Crippen MR) is 108 cm³/mol. The second-order valence-corrected chi connectivity index (χ2v) is 6.55. The molecule has 6 heteroatoms. The lowest BCUT2D eigenvalue weighted by Gasteiger charge is -2.15. The minimum Gasteiger partial charge on any atom is -0.381 e. The van der Waals surface area contributed by atoms with E-state index in [-0.39, 0.29) is 24.0 Å². The highest BCUT2D eigenvalue weighted by Crippen LogP contribution is 2.28. The summed E-state index contributed by atoms with van der Waals surface area (Å²) in [6.45, 7) is 7.62. The zero-order valence-electron chi connectivity index (χ0n) is 14.7. The van der Waals surface area contributed by atoms with E-state index in [1.807, 2.05) is 7.05 Å². The van der Waals surface area contributed by atoms with Crippen LogP contribution in [0.15, 0.2) is 4.99 Å². The van der Waals surface area contributed by atoms with Crippen molar-refractivity contribution in [1.29, 1.82) is 0 Å². The second-order valence-electron chi connectivity index (χ2n) is 6.55. The third-order valence-corrected chi connectivity index (χ3v) is 4.42. The van der Waals surface area contributed by atoms with Crippen LogP contribution in [-0.4, -0.2) is 63.8 Å². The van der Waals surface area contributed by atoms with Gasteiger partial charge in [0.1, 0.15) is 0 Å². The summed E-state index contributed by atoms with van der Waals surface area (Å²) >= 11 is 0. The molecule has 0 aromatic rings. The molecule has 0 bridgehead atoms. The monoisotopic (exact) mass is 438 g/mol. The molecule has 2 rings (SSSR count). The Kier molecular flexibility index (Phi) is 12.1. The van der Waals surface area contributed by atoms with Crippen molar-refractivity contribution in [2.24, 2.45) is 10.9 Å². The number of nitrogens with one attached hydrogen (secondary N) is 2. The maximum absolute atomic E-state index is 5.63. The van der Waals surface area contributed by atoms with E-state index < -0.39 is 0 Å². The molecule has 23 heavy (non-hydrogen) atoms. The van der Waals surface area contributed by atoms with Crippen molar-refractivity contribution in [3.63, 3.8) is 0 Å². The molecule has 0 aromatic heterocycles. The third-order valence-electron chi connectivity index (χ3n) is 4.42. The van der Waals surface area contributed by atoms with Crippen molar-refractivity contribution in [2.75, 3.05) is 53.0 Å². The lowest BCUT2D eigenvalue weighted by atomic mass is 10.3. The van der Waals surface area contributed by atoms with Gasteiger partial charge < -0.3 is 20.3 Å². The molecule has 1 saturated carbocycles. The van der Waals surface area contributed by atoms with Crippen LogP contribution in [0.1, 0.15) is 44.9 Å². The Bertz CT molecular complexity index is 318. The van der Waals surface area contributed by atoms with E-state index in [0.717, 1.165) is 44.6 Å². The molecular formula is C17H35IN4O. The lowest BCUT2D eigenvalue weighted by Crippen LogP contribution is -2.38. The topological polar surface area (TPSA) is 48.9 Å². The van der Waals surface area contributed by atoms with E-state index in [4.69, 9.17) is 4.74 Å². The van der Waals surface area contributed by atoms with Crippen molar-refractivity contribution in [3.8, 4) is 0 Å². The number of ether oxygens (including phenoxy) is 1. The van der Waals surface area contributed by atoms with Crippen molar-refractivity contribution < 1.29 is 4.74 Å². The van der Waals surface area contributed by atoms with Crippen molar-refractivity contribution >= 4 is 29.9 Å². The summed E-state index contributed by atoms with van der Waals surface area (Å²) in [6.07, 6.45) is 9.04. The Morgan fingerprint density at radius 1 is 1.09 bits per heavy atom. The van der Waals surface area contributed by atoms with Crippen LogP contribution >= 0.6 is 24.0 Å². The Labute approximate surface area is 159 Å². The van der Waals surface area contributed by atoms with Gasteiger partial charge in [-0.2, -0.15) is 0 Å². The van der Waals surface area contributed by atoms with Gasteiger partial charge in [-0.1, -0.05) is 0 Å². The first-order valence-electron chi connectivity index (χ1n) is 9.13. The van der Waals surface area contributed by atoms with Gasteiger partial charge in [0.05, 0.1) is 0 Å². The van der Waals surface area contributed by atoms with E-state index in [1.165, 1.54) is 58.2 Å². The fourth-order valence-electron chi connectivity index (χ4n) is 2.81. The summed E-state index contributed by atoms with van der Waals surface area (Å²) in [6, 6.07) is 0. The largest absolute Gasteiger partial charge is 0.381 e. The number of rotatable bonds is 11.